The van der Waals surface area contributed by atoms with Crippen molar-refractivity contribution in [1.29, 1.82) is 5.26 Å². The molecule has 0 aliphatic carbocycles. The molecule has 0 aromatic heterocycles. The van der Waals surface area contributed by atoms with Crippen LogP contribution < -0.4 is 4.74 Å². The number of benzene rings is 2. The number of halogens is 1. The smallest absolute Gasteiger partial charge is 0.390 e. The molecule has 2 aromatic carbocycles. The molecular formula is C25H24FNO4. The molecule has 160 valence electrons. The van der Waals surface area contributed by atoms with Gasteiger partial charge in [-0.25, -0.2) is 9.18 Å². The van der Waals surface area contributed by atoms with Gasteiger partial charge >= 0.3 is 5.97 Å². The van der Waals surface area contributed by atoms with Gasteiger partial charge in [0, 0.05) is 29.0 Å². The van der Waals surface area contributed by atoms with E-state index in [-0.39, 0.29) is 17.6 Å². The van der Waals surface area contributed by atoms with Crippen LogP contribution in [0, 0.1) is 34.9 Å². The van der Waals surface area contributed by atoms with Gasteiger partial charge in [0.1, 0.15) is 17.6 Å². The zero-order valence-electron chi connectivity index (χ0n) is 17.4. The summed E-state index contributed by atoms with van der Waals surface area (Å²) in [5, 5.41) is 8.72. The molecule has 0 bridgehead atoms. The molecule has 0 radical (unpaired) electrons. The minimum atomic E-state index is -0.818. The van der Waals surface area contributed by atoms with Crippen LogP contribution in [-0.4, -0.2) is 19.2 Å². The Kier molecular flexibility index (Phi) is 8.18. The molecule has 3 rings (SSSR count). The summed E-state index contributed by atoms with van der Waals surface area (Å²) in [7, 11) is 0. The number of hydrogen-bond donors (Lipinski definition) is 0. The summed E-state index contributed by atoms with van der Waals surface area (Å²) in [6.07, 6.45) is 4.38. The van der Waals surface area contributed by atoms with Crippen molar-refractivity contribution in [3.63, 3.8) is 0 Å². The van der Waals surface area contributed by atoms with Gasteiger partial charge in [-0.1, -0.05) is 44.2 Å². The van der Waals surface area contributed by atoms with E-state index < -0.39 is 11.8 Å². The van der Waals surface area contributed by atoms with Crippen molar-refractivity contribution >= 4 is 5.97 Å². The molecule has 0 saturated carbocycles. The second-order valence-corrected chi connectivity index (χ2v) is 7.38. The predicted molar refractivity (Wildman–Crippen MR) is 112 cm³/mol. The number of unbranched alkanes of at least 4 members (excludes halogenated alkanes) is 2. The third kappa shape index (κ3) is 6.65. The van der Waals surface area contributed by atoms with E-state index in [0.717, 1.165) is 18.1 Å². The van der Waals surface area contributed by atoms with Crippen molar-refractivity contribution < 1.29 is 23.4 Å². The van der Waals surface area contributed by atoms with Gasteiger partial charge in [0.15, 0.2) is 6.29 Å². The van der Waals surface area contributed by atoms with Gasteiger partial charge in [-0.3, -0.25) is 0 Å². The SMILES string of the molecule is CCCCCC1COC(c2ccc(C#CC(=O)Oc3ccc(C#N)c(F)c3)cc2)OC1. The Labute approximate surface area is 181 Å². The molecule has 1 fully saturated rings. The molecule has 1 aliphatic rings. The number of nitrogens with zero attached hydrogens (tertiary/aromatic N) is 1. The number of esters is 1. The maximum absolute atomic E-state index is 13.6. The Hall–Kier alpha value is -3.19. The Balaban J connectivity index is 1.51. The van der Waals surface area contributed by atoms with Crippen LogP contribution in [0.3, 0.4) is 0 Å². The first-order valence-electron chi connectivity index (χ1n) is 10.4. The van der Waals surface area contributed by atoms with Crippen LogP contribution in [0.1, 0.15) is 55.6 Å². The van der Waals surface area contributed by atoms with Crippen molar-refractivity contribution in [2.24, 2.45) is 5.92 Å². The lowest BCUT2D eigenvalue weighted by Gasteiger charge is -2.29. The molecule has 2 aromatic rings. The van der Waals surface area contributed by atoms with Gasteiger partial charge < -0.3 is 14.2 Å². The highest BCUT2D eigenvalue weighted by atomic mass is 19.1. The lowest BCUT2D eigenvalue weighted by atomic mass is 10.0. The number of hydrogen-bond acceptors (Lipinski definition) is 5. The second-order valence-electron chi connectivity index (χ2n) is 7.38. The van der Waals surface area contributed by atoms with Crippen molar-refractivity contribution in [2.45, 2.75) is 38.9 Å². The monoisotopic (exact) mass is 421 g/mol. The number of ether oxygens (including phenoxy) is 3. The molecule has 0 unspecified atom stereocenters. The Morgan fingerprint density at radius 3 is 2.55 bits per heavy atom. The Bertz CT molecular complexity index is 993. The van der Waals surface area contributed by atoms with Crippen LogP contribution in [0.5, 0.6) is 5.75 Å². The van der Waals surface area contributed by atoms with Gasteiger partial charge in [0.2, 0.25) is 0 Å². The van der Waals surface area contributed by atoms with Crippen LogP contribution in [0.15, 0.2) is 42.5 Å². The highest BCUT2D eigenvalue weighted by Gasteiger charge is 2.23. The molecule has 0 spiro atoms. The van der Waals surface area contributed by atoms with Crippen LogP contribution in [0.4, 0.5) is 4.39 Å². The summed E-state index contributed by atoms with van der Waals surface area (Å²) in [6.45, 7) is 3.58. The molecule has 1 heterocycles. The lowest BCUT2D eigenvalue weighted by Crippen LogP contribution is -2.27. The first kappa shape index (κ1) is 22.5. The van der Waals surface area contributed by atoms with Crippen molar-refractivity contribution in [3.05, 3.63) is 65.0 Å². The average molecular weight is 421 g/mol. The van der Waals surface area contributed by atoms with Crippen LogP contribution in [0.25, 0.3) is 0 Å². The third-order valence-corrected chi connectivity index (χ3v) is 4.95. The first-order chi connectivity index (χ1) is 15.1. The molecule has 5 nitrogen and oxygen atoms in total. The average Bonchev–Trinajstić information content (AvgIpc) is 2.79. The second kappa shape index (κ2) is 11.3. The van der Waals surface area contributed by atoms with Crippen LogP contribution >= 0.6 is 0 Å². The summed E-state index contributed by atoms with van der Waals surface area (Å²) in [5.74, 6) is 3.95. The minimum absolute atomic E-state index is 0.00857. The van der Waals surface area contributed by atoms with E-state index in [2.05, 4.69) is 18.8 Å². The maximum atomic E-state index is 13.6. The zero-order valence-corrected chi connectivity index (χ0v) is 17.4. The van der Waals surface area contributed by atoms with E-state index in [1.54, 1.807) is 18.2 Å². The van der Waals surface area contributed by atoms with Gasteiger partial charge in [-0.05, 0) is 30.7 Å². The topological polar surface area (TPSA) is 68.5 Å². The molecule has 0 N–H and O–H groups in total. The van der Waals surface area contributed by atoms with E-state index in [1.165, 1.54) is 31.4 Å². The summed E-state index contributed by atoms with van der Waals surface area (Å²) in [6, 6.07) is 12.5. The van der Waals surface area contributed by atoms with E-state index >= 15 is 0 Å². The van der Waals surface area contributed by atoms with Gasteiger partial charge in [-0.15, -0.1) is 0 Å². The predicted octanol–water partition coefficient (Wildman–Crippen LogP) is 4.90. The van der Waals surface area contributed by atoms with E-state index in [4.69, 9.17) is 19.5 Å². The molecule has 6 heteroatoms. The highest BCUT2D eigenvalue weighted by molar-refractivity contribution is 5.90. The normalized spacial score (nSPS) is 17.8. The fourth-order valence-corrected chi connectivity index (χ4v) is 3.21. The summed E-state index contributed by atoms with van der Waals surface area (Å²) in [4.78, 5) is 11.9. The molecule has 0 atom stereocenters. The molecular weight excluding hydrogens is 397 g/mol. The quantitative estimate of drug-likeness (QED) is 0.287. The van der Waals surface area contributed by atoms with E-state index in [1.807, 2.05) is 12.1 Å². The summed E-state index contributed by atoms with van der Waals surface area (Å²) < 4.78 is 30.3. The van der Waals surface area contributed by atoms with Crippen molar-refractivity contribution in [2.75, 3.05) is 13.2 Å². The van der Waals surface area contributed by atoms with Crippen molar-refractivity contribution in [1.82, 2.24) is 0 Å². The van der Waals surface area contributed by atoms with Gasteiger partial charge in [0.25, 0.3) is 0 Å². The summed E-state index contributed by atoms with van der Waals surface area (Å²) >= 11 is 0. The standard InChI is InChI=1S/C25H24FNO4/c1-2-3-4-5-19-16-29-25(30-17-19)20-9-6-18(7-10-20)8-13-24(28)31-22-12-11-21(15-27)23(26)14-22/h6-7,9-12,14,19,25H,2-5,16-17H2,1H3. The summed E-state index contributed by atoms with van der Waals surface area (Å²) in [5.41, 5.74) is 1.40. The van der Waals surface area contributed by atoms with Crippen LogP contribution in [-0.2, 0) is 14.3 Å². The van der Waals surface area contributed by atoms with E-state index in [0.29, 0.717) is 24.7 Å². The number of carbonyl (C=O) groups is 1. The number of carbonyl (C=O) groups excluding carboxylic acids is 1. The maximum Gasteiger partial charge on any atom is 0.390 e. The third-order valence-electron chi connectivity index (χ3n) is 4.95. The number of nitriles is 1. The molecule has 1 aliphatic heterocycles. The Morgan fingerprint density at radius 2 is 1.90 bits per heavy atom. The fraction of sp³-hybridized carbons (Fsp3) is 0.360. The first-order valence-corrected chi connectivity index (χ1v) is 10.4. The van der Waals surface area contributed by atoms with Gasteiger partial charge in [-0.2, -0.15) is 5.26 Å². The zero-order chi connectivity index (χ0) is 22.1. The van der Waals surface area contributed by atoms with Crippen LogP contribution in [0.2, 0.25) is 0 Å². The molecule has 1 saturated heterocycles. The fourth-order valence-electron chi connectivity index (χ4n) is 3.21. The molecule has 0 amide bonds. The van der Waals surface area contributed by atoms with Gasteiger partial charge in [0.05, 0.1) is 18.8 Å². The Morgan fingerprint density at radius 1 is 1.16 bits per heavy atom. The highest BCUT2D eigenvalue weighted by Crippen LogP contribution is 2.27. The lowest BCUT2D eigenvalue weighted by molar-refractivity contribution is -0.206. The largest absolute Gasteiger partial charge is 0.417 e. The minimum Gasteiger partial charge on any atom is -0.417 e. The van der Waals surface area contributed by atoms with Crippen molar-refractivity contribution in [3.8, 4) is 23.7 Å². The number of rotatable bonds is 6. The van der Waals surface area contributed by atoms with E-state index in [9.17, 15) is 9.18 Å². The molecule has 31 heavy (non-hydrogen) atoms.